The zero-order valence-electron chi connectivity index (χ0n) is 22.5. The molecular formula is C27H39N5O5S. The molecule has 1 aliphatic carbocycles. The van der Waals surface area contributed by atoms with E-state index in [1.165, 1.54) is 8.99 Å². The molecule has 4 rings (SSSR count). The first kappa shape index (κ1) is 28.1. The molecule has 0 radical (unpaired) electrons. The average Bonchev–Trinajstić information content (AvgIpc) is 3.39. The number of piperazine rings is 1. The monoisotopic (exact) mass is 545 g/mol. The van der Waals surface area contributed by atoms with Crippen molar-refractivity contribution in [2.75, 3.05) is 37.6 Å². The number of sulfonamides is 1. The second kappa shape index (κ2) is 12.3. The van der Waals surface area contributed by atoms with Crippen molar-refractivity contribution in [3.8, 4) is 11.4 Å². The van der Waals surface area contributed by atoms with Crippen LogP contribution in [-0.4, -0.2) is 72.5 Å². The van der Waals surface area contributed by atoms with Crippen molar-refractivity contribution in [1.82, 2.24) is 19.4 Å². The van der Waals surface area contributed by atoms with Gasteiger partial charge in [0.1, 0.15) is 5.69 Å². The fourth-order valence-electron chi connectivity index (χ4n) is 4.98. The first-order valence-electron chi connectivity index (χ1n) is 13.6. The van der Waals surface area contributed by atoms with Crippen LogP contribution in [0.1, 0.15) is 52.9 Å². The Morgan fingerprint density at radius 1 is 1.13 bits per heavy atom. The molecule has 1 amide bonds. The fourth-order valence-corrected chi connectivity index (χ4v) is 6.25. The SMILES string of the molecule is CCCCNC(=O)C1CCC(Oc2c(N3CCN(S(=O)(=O)C(C)C)CC3)cnn(-c3ccccc3)c2=O)C1. The molecule has 2 heterocycles. The zero-order valence-corrected chi connectivity index (χ0v) is 23.3. The lowest BCUT2D eigenvalue weighted by Crippen LogP contribution is -2.50. The topological polar surface area (TPSA) is 114 Å². The van der Waals surface area contributed by atoms with Crippen LogP contribution in [0.2, 0.25) is 0 Å². The Morgan fingerprint density at radius 2 is 1.84 bits per heavy atom. The van der Waals surface area contributed by atoms with E-state index in [-0.39, 0.29) is 29.2 Å². The number of benzene rings is 1. The molecule has 2 fully saturated rings. The molecule has 208 valence electrons. The Labute approximate surface area is 225 Å². The molecule has 1 aliphatic heterocycles. The van der Waals surface area contributed by atoms with Crippen LogP contribution in [0.5, 0.6) is 5.75 Å². The number of rotatable bonds is 10. The maximum Gasteiger partial charge on any atom is 0.316 e. The van der Waals surface area contributed by atoms with Crippen molar-refractivity contribution in [2.24, 2.45) is 5.92 Å². The Bertz CT molecular complexity index is 1260. The standard InChI is InChI=1S/C27H39N5O5S/c1-4-5-13-28-26(33)21-11-12-23(18-21)37-25-24(19-29-32(27(25)34)22-9-7-6-8-10-22)30-14-16-31(17-15-30)38(35,36)20(2)3/h6-10,19-21,23H,4-5,11-18H2,1-3H3,(H,28,33). The van der Waals surface area contributed by atoms with Gasteiger partial charge in [0, 0.05) is 38.6 Å². The summed E-state index contributed by atoms with van der Waals surface area (Å²) in [5.41, 5.74) is 0.808. The molecule has 10 nitrogen and oxygen atoms in total. The normalized spacial score (nSPS) is 20.6. The third kappa shape index (κ3) is 6.20. The molecule has 1 saturated heterocycles. The smallest absolute Gasteiger partial charge is 0.316 e. The van der Waals surface area contributed by atoms with Crippen LogP contribution in [0.25, 0.3) is 5.69 Å². The zero-order chi connectivity index (χ0) is 27.3. The van der Waals surface area contributed by atoms with Crippen LogP contribution < -0.4 is 20.5 Å². The third-order valence-electron chi connectivity index (χ3n) is 7.32. The Balaban J connectivity index is 1.56. The number of anilines is 1. The highest BCUT2D eigenvalue weighted by molar-refractivity contribution is 7.89. The quantitative estimate of drug-likeness (QED) is 0.457. The lowest BCUT2D eigenvalue weighted by molar-refractivity contribution is -0.124. The third-order valence-corrected chi connectivity index (χ3v) is 9.60. The van der Waals surface area contributed by atoms with Gasteiger partial charge in [0.25, 0.3) is 0 Å². The van der Waals surface area contributed by atoms with Gasteiger partial charge in [-0.25, -0.2) is 8.42 Å². The molecule has 0 bridgehead atoms. The lowest BCUT2D eigenvalue weighted by atomic mass is 10.1. The molecule has 2 aliphatic rings. The summed E-state index contributed by atoms with van der Waals surface area (Å²) in [6.07, 6.45) is 5.26. The van der Waals surface area contributed by atoms with Gasteiger partial charge in [-0.15, -0.1) is 0 Å². The van der Waals surface area contributed by atoms with Crippen LogP contribution in [0, 0.1) is 5.92 Å². The number of para-hydroxylation sites is 1. The molecule has 38 heavy (non-hydrogen) atoms. The summed E-state index contributed by atoms with van der Waals surface area (Å²) in [6.45, 7) is 7.61. The summed E-state index contributed by atoms with van der Waals surface area (Å²) in [5, 5.41) is 6.95. The van der Waals surface area contributed by atoms with Gasteiger partial charge in [-0.3, -0.25) is 9.59 Å². The van der Waals surface area contributed by atoms with Crippen molar-refractivity contribution in [1.29, 1.82) is 0 Å². The van der Waals surface area contributed by atoms with Crippen LogP contribution in [0.3, 0.4) is 0 Å². The highest BCUT2D eigenvalue weighted by atomic mass is 32.2. The number of unbranched alkanes of at least 4 members (excludes halogenated alkanes) is 1. The van der Waals surface area contributed by atoms with E-state index in [2.05, 4.69) is 17.3 Å². The molecular weight excluding hydrogens is 506 g/mol. The van der Waals surface area contributed by atoms with E-state index in [0.29, 0.717) is 63.4 Å². The predicted molar refractivity (Wildman–Crippen MR) is 147 cm³/mol. The number of hydrogen-bond acceptors (Lipinski definition) is 7. The van der Waals surface area contributed by atoms with Crippen molar-refractivity contribution in [3.63, 3.8) is 0 Å². The summed E-state index contributed by atoms with van der Waals surface area (Å²) >= 11 is 0. The lowest BCUT2D eigenvalue weighted by Gasteiger charge is -2.36. The van der Waals surface area contributed by atoms with Gasteiger partial charge in [0.2, 0.25) is 21.7 Å². The minimum Gasteiger partial charge on any atom is -0.483 e. The number of carbonyl (C=O) groups excluding carboxylic acids is 1. The van der Waals surface area contributed by atoms with Crippen molar-refractivity contribution >= 4 is 21.6 Å². The first-order chi connectivity index (χ1) is 18.2. The summed E-state index contributed by atoms with van der Waals surface area (Å²) < 4.78 is 34.5. The molecule has 0 spiro atoms. The summed E-state index contributed by atoms with van der Waals surface area (Å²) in [6, 6.07) is 9.16. The van der Waals surface area contributed by atoms with E-state index in [4.69, 9.17) is 4.74 Å². The van der Waals surface area contributed by atoms with E-state index in [9.17, 15) is 18.0 Å². The van der Waals surface area contributed by atoms with Gasteiger partial charge in [-0.05, 0) is 51.7 Å². The van der Waals surface area contributed by atoms with Crippen molar-refractivity contribution in [3.05, 3.63) is 46.9 Å². The second-order valence-corrected chi connectivity index (χ2v) is 12.8. The van der Waals surface area contributed by atoms with Crippen LogP contribution in [0.4, 0.5) is 5.69 Å². The van der Waals surface area contributed by atoms with Gasteiger partial charge >= 0.3 is 5.56 Å². The maximum atomic E-state index is 13.7. The Morgan fingerprint density at radius 3 is 2.50 bits per heavy atom. The average molecular weight is 546 g/mol. The molecule has 11 heteroatoms. The summed E-state index contributed by atoms with van der Waals surface area (Å²) in [7, 11) is -3.35. The van der Waals surface area contributed by atoms with Gasteiger partial charge in [-0.2, -0.15) is 14.1 Å². The number of ether oxygens (including phenoxy) is 1. The molecule has 2 atom stereocenters. The number of nitrogens with zero attached hydrogens (tertiary/aromatic N) is 4. The molecule has 2 unspecified atom stereocenters. The van der Waals surface area contributed by atoms with E-state index in [1.54, 1.807) is 32.2 Å². The molecule has 1 N–H and O–H groups in total. The number of aromatic nitrogens is 2. The molecule has 1 aromatic carbocycles. The van der Waals surface area contributed by atoms with Crippen LogP contribution in [-0.2, 0) is 14.8 Å². The van der Waals surface area contributed by atoms with Gasteiger partial charge in [-0.1, -0.05) is 31.5 Å². The summed E-state index contributed by atoms with van der Waals surface area (Å²) in [4.78, 5) is 28.2. The summed E-state index contributed by atoms with van der Waals surface area (Å²) in [5.74, 6) is 0.105. The highest BCUT2D eigenvalue weighted by Crippen LogP contribution is 2.33. The number of nitrogens with one attached hydrogen (secondary N) is 1. The van der Waals surface area contributed by atoms with E-state index < -0.39 is 15.3 Å². The number of carbonyl (C=O) groups is 1. The number of amides is 1. The van der Waals surface area contributed by atoms with Gasteiger partial charge < -0.3 is 15.0 Å². The van der Waals surface area contributed by atoms with Crippen molar-refractivity contribution in [2.45, 2.75) is 64.2 Å². The highest BCUT2D eigenvalue weighted by Gasteiger charge is 2.34. The fraction of sp³-hybridized carbons (Fsp3) is 0.593. The van der Waals surface area contributed by atoms with E-state index in [0.717, 1.165) is 12.8 Å². The Kier molecular flexibility index (Phi) is 9.09. The first-order valence-corrected chi connectivity index (χ1v) is 15.1. The van der Waals surface area contributed by atoms with E-state index in [1.807, 2.05) is 23.1 Å². The minimum absolute atomic E-state index is 0.0451. The largest absolute Gasteiger partial charge is 0.483 e. The van der Waals surface area contributed by atoms with Crippen LogP contribution >= 0.6 is 0 Å². The maximum absolute atomic E-state index is 13.7. The van der Waals surface area contributed by atoms with Gasteiger partial charge in [0.05, 0.1) is 23.2 Å². The Hall–Kier alpha value is -2.92. The van der Waals surface area contributed by atoms with Crippen molar-refractivity contribution < 1.29 is 17.9 Å². The second-order valence-electron chi connectivity index (χ2n) is 10.3. The minimum atomic E-state index is -3.35. The number of hydrogen-bond donors (Lipinski definition) is 1. The predicted octanol–water partition coefficient (Wildman–Crippen LogP) is 2.56. The molecule has 1 saturated carbocycles. The van der Waals surface area contributed by atoms with Gasteiger partial charge in [0.15, 0.2) is 0 Å². The van der Waals surface area contributed by atoms with E-state index >= 15 is 0 Å². The molecule has 2 aromatic rings. The molecule has 1 aromatic heterocycles. The van der Waals surface area contributed by atoms with Crippen LogP contribution in [0.15, 0.2) is 41.3 Å².